The highest BCUT2D eigenvalue weighted by atomic mass is 35.5. The highest BCUT2D eigenvalue weighted by Gasteiger charge is 2.35. The Morgan fingerprint density at radius 3 is 2.88 bits per heavy atom. The van der Waals surface area contributed by atoms with Gasteiger partial charge in [-0.1, -0.05) is 29.3 Å². The summed E-state index contributed by atoms with van der Waals surface area (Å²) in [7, 11) is 0. The molecule has 0 saturated carbocycles. The van der Waals surface area contributed by atoms with Crippen LogP contribution in [0.15, 0.2) is 46.0 Å². The Kier molecular flexibility index (Phi) is 7.84. The molecule has 3 heterocycles. The summed E-state index contributed by atoms with van der Waals surface area (Å²) < 4.78 is 10.7. The van der Waals surface area contributed by atoms with Gasteiger partial charge in [-0.05, 0) is 19.1 Å². The first-order valence-electron chi connectivity index (χ1n) is 10.5. The maximum absolute atomic E-state index is 13.2. The molecule has 1 saturated heterocycles. The Morgan fingerprint density at radius 2 is 2.21 bits per heavy atom. The normalized spacial score (nSPS) is 21.1. The third-order valence-corrected chi connectivity index (χ3v) is 6.66. The lowest BCUT2D eigenvalue weighted by Gasteiger charge is -2.34. The lowest BCUT2D eigenvalue weighted by atomic mass is 9.95. The second-order valence-corrected chi connectivity index (χ2v) is 9.29. The number of aliphatic imine (C=N–C) groups is 1. The number of halogens is 2. The molecule has 180 valence electrons. The predicted molar refractivity (Wildman–Crippen MR) is 128 cm³/mol. The van der Waals surface area contributed by atoms with Crippen molar-refractivity contribution in [3.63, 3.8) is 0 Å². The molecule has 0 radical (unpaired) electrons. The number of benzene rings is 1. The van der Waals surface area contributed by atoms with Crippen molar-refractivity contribution < 1.29 is 24.2 Å². The van der Waals surface area contributed by atoms with E-state index >= 15 is 0 Å². The van der Waals surface area contributed by atoms with Crippen LogP contribution in [-0.4, -0.2) is 71.7 Å². The van der Waals surface area contributed by atoms with Gasteiger partial charge in [0.15, 0.2) is 16.9 Å². The molecule has 4 rings (SSSR count). The number of ether oxygens (including phenoxy) is 2. The molecule has 2 aliphatic rings. The Balaban J connectivity index is 1.79. The number of carbonyl (C=O) groups excluding carboxylic acids is 1. The van der Waals surface area contributed by atoms with E-state index in [0.717, 1.165) is 0 Å². The lowest BCUT2D eigenvalue weighted by Crippen LogP contribution is -2.48. The molecule has 12 heteroatoms. The molecule has 34 heavy (non-hydrogen) atoms. The van der Waals surface area contributed by atoms with Crippen LogP contribution in [-0.2, 0) is 19.1 Å². The molecule has 0 spiro atoms. The molecule has 1 aromatic carbocycles. The van der Waals surface area contributed by atoms with Gasteiger partial charge in [-0.25, -0.2) is 14.6 Å². The summed E-state index contributed by atoms with van der Waals surface area (Å²) in [4.78, 5) is 35.7. The second-order valence-electron chi connectivity index (χ2n) is 7.55. The summed E-state index contributed by atoms with van der Waals surface area (Å²) >= 11 is 14.0. The minimum Gasteiger partial charge on any atom is -0.479 e. The number of morpholine rings is 1. The number of rotatable bonds is 7. The Labute approximate surface area is 210 Å². The van der Waals surface area contributed by atoms with Crippen LogP contribution in [0.4, 0.5) is 0 Å². The molecule has 1 fully saturated rings. The number of hydrogen-bond donors (Lipinski definition) is 2. The molecular weight excluding hydrogens is 503 g/mol. The number of nitrogens with one attached hydrogen (secondary N) is 1. The molecule has 2 aromatic rings. The molecular formula is C22H22Cl2N4O5S. The van der Waals surface area contributed by atoms with Gasteiger partial charge in [0, 0.05) is 52.5 Å². The van der Waals surface area contributed by atoms with Crippen molar-refractivity contribution in [2.75, 3.05) is 32.8 Å². The van der Waals surface area contributed by atoms with E-state index in [9.17, 15) is 14.7 Å². The fourth-order valence-corrected chi connectivity index (χ4v) is 4.89. The van der Waals surface area contributed by atoms with Gasteiger partial charge in [-0.2, -0.15) is 0 Å². The monoisotopic (exact) mass is 524 g/mol. The second kappa shape index (κ2) is 10.8. The molecule has 0 bridgehead atoms. The fourth-order valence-electron chi connectivity index (χ4n) is 3.79. The van der Waals surface area contributed by atoms with Crippen molar-refractivity contribution >= 4 is 52.3 Å². The van der Waals surface area contributed by atoms with Gasteiger partial charge in [0.2, 0.25) is 0 Å². The number of aromatic nitrogens is 1. The zero-order valence-corrected chi connectivity index (χ0v) is 20.5. The maximum atomic E-state index is 13.2. The molecule has 2 unspecified atom stereocenters. The van der Waals surface area contributed by atoms with Crippen molar-refractivity contribution in [2.24, 2.45) is 4.99 Å². The smallest absolute Gasteiger partial charge is 0.338 e. The number of nitrogens with zero attached hydrogens (tertiary/aromatic N) is 3. The third kappa shape index (κ3) is 5.42. The largest absolute Gasteiger partial charge is 0.479 e. The minimum atomic E-state index is -1.03. The lowest BCUT2D eigenvalue weighted by molar-refractivity contribution is -0.155. The van der Waals surface area contributed by atoms with Crippen LogP contribution >= 0.6 is 34.5 Å². The van der Waals surface area contributed by atoms with E-state index in [1.807, 2.05) is 10.3 Å². The van der Waals surface area contributed by atoms with Crippen molar-refractivity contribution in [2.45, 2.75) is 19.1 Å². The Hall–Kier alpha value is -2.50. The van der Waals surface area contributed by atoms with E-state index in [0.29, 0.717) is 44.3 Å². The first kappa shape index (κ1) is 24.6. The third-order valence-electron chi connectivity index (χ3n) is 5.32. The fraction of sp³-hybridized carbons (Fsp3) is 0.364. The SMILES string of the molecule is CCOC(=O)C1=C(CN2CCOC(C(=O)O)C2)NC(c2nccs2)=NC1c1ccc(Cl)cc1Cl. The number of hydrogen-bond acceptors (Lipinski definition) is 9. The molecule has 0 aliphatic carbocycles. The van der Waals surface area contributed by atoms with Crippen molar-refractivity contribution in [3.05, 3.63) is 61.7 Å². The van der Waals surface area contributed by atoms with Crippen LogP contribution in [0.1, 0.15) is 23.5 Å². The highest BCUT2D eigenvalue weighted by Crippen LogP contribution is 2.37. The number of carboxylic acids is 1. The van der Waals surface area contributed by atoms with Gasteiger partial charge in [-0.15, -0.1) is 11.3 Å². The van der Waals surface area contributed by atoms with E-state index in [1.165, 1.54) is 11.3 Å². The highest BCUT2D eigenvalue weighted by molar-refractivity contribution is 7.11. The van der Waals surface area contributed by atoms with Gasteiger partial charge in [0.1, 0.15) is 6.04 Å². The average Bonchev–Trinajstić information content (AvgIpc) is 3.34. The molecule has 2 aliphatic heterocycles. The van der Waals surface area contributed by atoms with Crippen molar-refractivity contribution in [1.29, 1.82) is 0 Å². The summed E-state index contributed by atoms with van der Waals surface area (Å²) in [5.41, 5.74) is 1.43. The van der Waals surface area contributed by atoms with Gasteiger partial charge < -0.3 is 19.9 Å². The van der Waals surface area contributed by atoms with Gasteiger partial charge in [0.05, 0.1) is 18.8 Å². The Morgan fingerprint density at radius 1 is 1.38 bits per heavy atom. The predicted octanol–water partition coefficient (Wildman–Crippen LogP) is 3.14. The number of aliphatic carboxylic acids is 1. The minimum absolute atomic E-state index is 0.173. The van der Waals surface area contributed by atoms with E-state index < -0.39 is 24.1 Å². The van der Waals surface area contributed by atoms with Gasteiger partial charge in [-0.3, -0.25) is 9.89 Å². The van der Waals surface area contributed by atoms with E-state index in [-0.39, 0.29) is 26.3 Å². The zero-order valence-electron chi connectivity index (χ0n) is 18.2. The standard InChI is InChI=1S/C22H22Cl2N4O5S/c1-2-32-22(31)17-15(10-28-6-7-33-16(11-28)21(29)30)26-19(20-25-5-8-34-20)27-18(17)13-4-3-12(23)9-14(13)24/h3-5,8-9,16,18H,2,6-7,10-11H2,1H3,(H,26,27)(H,29,30). The van der Waals surface area contributed by atoms with E-state index in [2.05, 4.69) is 10.3 Å². The molecule has 2 atom stereocenters. The topological polar surface area (TPSA) is 113 Å². The van der Waals surface area contributed by atoms with Crippen LogP contribution < -0.4 is 5.32 Å². The summed E-state index contributed by atoms with van der Waals surface area (Å²) in [5.74, 6) is -1.08. The molecule has 9 nitrogen and oxygen atoms in total. The number of esters is 1. The van der Waals surface area contributed by atoms with Crippen LogP contribution in [0.25, 0.3) is 0 Å². The van der Waals surface area contributed by atoms with Crippen LogP contribution in [0.5, 0.6) is 0 Å². The Bertz CT molecular complexity index is 1140. The summed E-state index contributed by atoms with van der Waals surface area (Å²) in [6.45, 7) is 3.10. The number of carboxylic acid groups (broad SMARTS) is 1. The van der Waals surface area contributed by atoms with Gasteiger partial charge >= 0.3 is 11.9 Å². The van der Waals surface area contributed by atoms with Crippen LogP contribution in [0.2, 0.25) is 10.0 Å². The first-order chi connectivity index (χ1) is 16.4. The summed E-state index contributed by atoms with van der Waals surface area (Å²) in [6, 6.07) is 4.25. The molecule has 2 N–H and O–H groups in total. The molecule has 0 amide bonds. The van der Waals surface area contributed by atoms with E-state index in [1.54, 1.807) is 31.3 Å². The number of amidine groups is 1. The molecule has 1 aromatic heterocycles. The maximum Gasteiger partial charge on any atom is 0.338 e. The van der Waals surface area contributed by atoms with Crippen LogP contribution in [0, 0.1) is 0 Å². The van der Waals surface area contributed by atoms with Crippen LogP contribution in [0.3, 0.4) is 0 Å². The quantitative estimate of drug-likeness (QED) is 0.531. The van der Waals surface area contributed by atoms with Gasteiger partial charge in [0.25, 0.3) is 0 Å². The average molecular weight is 525 g/mol. The summed E-state index contributed by atoms with van der Waals surface area (Å²) in [5, 5.41) is 15.9. The zero-order chi connectivity index (χ0) is 24.2. The summed E-state index contributed by atoms with van der Waals surface area (Å²) in [6.07, 6.45) is 0.718. The number of thiazole rings is 1. The first-order valence-corrected chi connectivity index (χ1v) is 12.2. The van der Waals surface area contributed by atoms with Crippen molar-refractivity contribution in [1.82, 2.24) is 15.2 Å². The van der Waals surface area contributed by atoms with Crippen molar-refractivity contribution in [3.8, 4) is 0 Å². The number of carbonyl (C=O) groups is 2. The van der Waals surface area contributed by atoms with E-state index in [4.69, 9.17) is 37.7 Å².